The van der Waals surface area contributed by atoms with Crippen LogP contribution >= 0.6 is 11.3 Å². The molecule has 5 nitrogen and oxygen atoms in total. The number of nitrogens with zero attached hydrogens (tertiary/aromatic N) is 2. The molecule has 19 heavy (non-hydrogen) atoms. The number of aromatic nitrogens is 1. The van der Waals surface area contributed by atoms with Crippen LogP contribution in [-0.4, -0.2) is 46.8 Å². The lowest BCUT2D eigenvalue weighted by molar-refractivity contribution is -0.138. The Bertz CT molecular complexity index is 414. The molecular formula is C13H20N2O3S. The highest BCUT2D eigenvalue weighted by Crippen LogP contribution is 2.18. The molecule has 0 spiro atoms. The number of carboxylic acids is 1. The minimum absolute atomic E-state index is 0.0958. The van der Waals surface area contributed by atoms with Crippen molar-refractivity contribution in [3.05, 3.63) is 16.1 Å². The van der Waals surface area contributed by atoms with Crippen molar-refractivity contribution in [1.82, 2.24) is 9.88 Å². The van der Waals surface area contributed by atoms with E-state index in [4.69, 9.17) is 9.84 Å². The highest BCUT2D eigenvalue weighted by atomic mass is 32.1. The third kappa shape index (κ3) is 4.89. The van der Waals surface area contributed by atoms with Gasteiger partial charge in [-0.25, -0.2) is 4.98 Å². The molecular weight excluding hydrogens is 264 g/mol. The maximum absolute atomic E-state index is 10.4. The van der Waals surface area contributed by atoms with Gasteiger partial charge in [-0.1, -0.05) is 0 Å². The Balaban J connectivity index is 1.66. The molecule has 0 aliphatic carbocycles. The number of carbonyl (C=O) groups is 1. The molecule has 1 N–H and O–H groups in total. The maximum Gasteiger partial charge on any atom is 0.305 e. The highest BCUT2D eigenvalue weighted by Gasteiger charge is 2.20. The van der Waals surface area contributed by atoms with Gasteiger partial charge in [-0.05, 0) is 19.8 Å². The van der Waals surface area contributed by atoms with Crippen LogP contribution in [0, 0.1) is 6.92 Å². The normalized spacial score (nSPS) is 17.7. The molecule has 1 aromatic rings. The van der Waals surface area contributed by atoms with Gasteiger partial charge in [-0.3, -0.25) is 9.69 Å². The largest absolute Gasteiger partial charge is 0.481 e. The lowest BCUT2D eigenvalue weighted by atomic mass is 10.1. The van der Waals surface area contributed by atoms with Crippen molar-refractivity contribution in [3.8, 4) is 0 Å². The molecule has 0 radical (unpaired) electrons. The maximum atomic E-state index is 10.4. The SMILES string of the molecule is Cc1csc(CN2CCC(OCCC(=O)O)CC2)n1. The van der Waals surface area contributed by atoms with Gasteiger partial charge in [0.25, 0.3) is 0 Å². The molecule has 1 aliphatic heterocycles. The average Bonchev–Trinajstić information content (AvgIpc) is 2.77. The van der Waals surface area contributed by atoms with E-state index in [9.17, 15) is 4.79 Å². The Kier molecular flexibility index (Phi) is 5.30. The third-order valence-corrected chi connectivity index (χ3v) is 4.18. The van der Waals surface area contributed by atoms with E-state index in [1.54, 1.807) is 11.3 Å². The van der Waals surface area contributed by atoms with Gasteiger partial charge in [0.15, 0.2) is 0 Å². The first-order valence-electron chi connectivity index (χ1n) is 6.60. The number of likely N-dealkylation sites (tertiary alicyclic amines) is 1. The Hall–Kier alpha value is -0.980. The molecule has 1 fully saturated rings. The molecule has 0 unspecified atom stereocenters. The number of hydrogen-bond donors (Lipinski definition) is 1. The number of carboxylic acid groups (broad SMARTS) is 1. The van der Waals surface area contributed by atoms with Crippen LogP contribution in [0.5, 0.6) is 0 Å². The van der Waals surface area contributed by atoms with Gasteiger partial charge >= 0.3 is 5.97 Å². The van der Waals surface area contributed by atoms with Crippen LogP contribution in [0.2, 0.25) is 0 Å². The summed E-state index contributed by atoms with van der Waals surface area (Å²) >= 11 is 1.71. The summed E-state index contributed by atoms with van der Waals surface area (Å²) in [6.45, 7) is 5.25. The van der Waals surface area contributed by atoms with Crippen molar-refractivity contribution < 1.29 is 14.6 Å². The molecule has 0 atom stereocenters. The van der Waals surface area contributed by atoms with Crippen molar-refractivity contribution >= 4 is 17.3 Å². The van der Waals surface area contributed by atoms with Gasteiger partial charge in [0.1, 0.15) is 5.01 Å². The smallest absolute Gasteiger partial charge is 0.305 e. The van der Waals surface area contributed by atoms with Crippen molar-refractivity contribution in [2.45, 2.75) is 38.8 Å². The number of piperidine rings is 1. The fraction of sp³-hybridized carbons (Fsp3) is 0.692. The first-order valence-corrected chi connectivity index (χ1v) is 7.48. The quantitative estimate of drug-likeness (QED) is 0.864. The predicted octanol–water partition coefficient (Wildman–Crippen LogP) is 1.91. The Morgan fingerprint density at radius 2 is 2.32 bits per heavy atom. The predicted molar refractivity (Wildman–Crippen MR) is 73.4 cm³/mol. The number of rotatable bonds is 6. The summed E-state index contributed by atoms with van der Waals surface area (Å²) in [5.41, 5.74) is 1.09. The number of hydrogen-bond acceptors (Lipinski definition) is 5. The van der Waals surface area contributed by atoms with E-state index in [1.165, 1.54) is 5.01 Å². The summed E-state index contributed by atoms with van der Waals surface area (Å²) in [6, 6.07) is 0. The van der Waals surface area contributed by atoms with Crippen LogP contribution in [0.25, 0.3) is 0 Å². The molecule has 0 bridgehead atoms. The van der Waals surface area contributed by atoms with Gasteiger partial charge < -0.3 is 9.84 Å². The summed E-state index contributed by atoms with van der Waals surface area (Å²) < 4.78 is 5.58. The van der Waals surface area contributed by atoms with Gasteiger partial charge in [-0.2, -0.15) is 0 Å². The summed E-state index contributed by atoms with van der Waals surface area (Å²) in [4.78, 5) is 17.3. The van der Waals surface area contributed by atoms with E-state index in [0.29, 0.717) is 6.61 Å². The molecule has 2 heterocycles. The molecule has 1 aromatic heterocycles. The monoisotopic (exact) mass is 284 g/mol. The van der Waals surface area contributed by atoms with Crippen molar-refractivity contribution in [3.63, 3.8) is 0 Å². The first-order chi connectivity index (χ1) is 9.13. The van der Waals surface area contributed by atoms with E-state index >= 15 is 0 Å². The minimum Gasteiger partial charge on any atom is -0.481 e. The van der Waals surface area contributed by atoms with Crippen LogP contribution in [-0.2, 0) is 16.1 Å². The van der Waals surface area contributed by atoms with E-state index in [1.807, 2.05) is 6.92 Å². The summed E-state index contributed by atoms with van der Waals surface area (Å²) in [7, 11) is 0. The van der Waals surface area contributed by atoms with Gasteiger partial charge in [0.05, 0.1) is 25.7 Å². The molecule has 0 amide bonds. The topological polar surface area (TPSA) is 62.7 Å². The first kappa shape index (κ1) is 14.4. The second kappa shape index (κ2) is 6.98. The van der Waals surface area contributed by atoms with Gasteiger partial charge in [0.2, 0.25) is 0 Å². The van der Waals surface area contributed by atoms with Crippen molar-refractivity contribution in [2.24, 2.45) is 0 Å². The zero-order valence-corrected chi connectivity index (χ0v) is 12.0. The van der Waals surface area contributed by atoms with Crippen LogP contribution in [0.1, 0.15) is 30.0 Å². The molecule has 0 saturated carbocycles. The number of aryl methyl sites for hydroxylation is 1. The van der Waals surface area contributed by atoms with Crippen LogP contribution in [0.3, 0.4) is 0 Å². The van der Waals surface area contributed by atoms with E-state index in [-0.39, 0.29) is 12.5 Å². The second-order valence-corrected chi connectivity index (χ2v) is 5.82. The van der Waals surface area contributed by atoms with Gasteiger partial charge in [-0.15, -0.1) is 11.3 Å². The highest BCUT2D eigenvalue weighted by molar-refractivity contribution is 7.09. The van der Waals surface area contributed by atoms with Crippen molar-refractivity contribution in [2.75, 3.05) is 19.7 Å². The number of thiazole rings is 1. The Morgan fingerprint density at radius 3 is 2.89 bits per heavy atom. The lowest BCUT2D eigenvalue weighted by Gasteiger charge is -2.31. The second-order valence-electron chi connectivity index (χ2n) is 4.87. The van der Waals surface area contributed by atoms with Crippen molar-refractivity contribution in [1.29, 1.82) is 0 Å². The zero-order valence-electron chi connectivity index (χ0n) is 11.2. The summed E-state index contributed by atoms with van der Waals surface area (Å²) in [5, 5.41) is 11.8. The van der Waals surface area contributed by atoms with E-state index < -0.39 is 5.97 Å². The minimum atomic E-state index is -0.795. The molecule has 1 saturated heterocycles. The lowest BCUT2D eigenvalue weighted by Crippen LogP contribution is -2.36. The fourth-order valence-electron chi connectivity index (χ4n) is 2.21. The molecule has 6 heteroatoms. The molecule has 0 aromatic carbocycles. The summed E-state index contributed by atoms with van der Waals surface area (Å²) in [5.74, 6) is -0.795. The Labute approximate surface area is 117 Å². The van der Waals surface area contributed by atoms with Gasteiger partial charge in [0, 0.05) is 24.2 Å². The van der Waals surface area contributed by atoms with Crippen LogP contribution in [0.15, 0.2) is 5.38 Å². The molecule has 2 rings (SSSR count). The van der Waals surface area contributed by atoms with Crippen LogP contribution in [0.4, 0.5) is 0 Å². The van der Waals surface area contributed by atoms with E-state index in [2.05, 4.69) is 15.3 Å². The molecule has 106 valence electrons. The Morgan fingerprint density at radius 1 is 1.58 bits per heavy atom. The van der Waals surface area contributed by atoms with E-state index in [0.717, 1.165) is 38.2 Å². The zero-order chi connectivity index (χ0) is 13.7. The molecule has 1 aliphatic rings. The average molecular weight is 284 g/mol. The third-order valence-electron chi connectivity index (χ3n) is 3.23. The summed E-state index contributed by atoms with van der Waals surface area (Å²) in [6.07, 6.45) is 2.26. The standard InChI is InChI=1S/C13H20N2O3S/c1-10-9-19-12(14-10)8-15-5-2-11(3-6-15)18-7-4-13(16)17/h9,11H,2-8H2,1H3,(H,16,17). The number of aliphatic carboxylic acids is 1. The fourth-order valence-corrected chi connectivity index (χ4v) is 3.03. The van der Waals surface area contributed by atoms with Crippen LogP contribution < -0.4 is 0 Å². The number of ether oxygens (including phenoxy) is 1.